The van der Waals surface area contributed by atoms with Crippen LogP contribution in [-0.4, -0.2) is 31.7 Å². The van der Waals surface area contributed by atoms with E-state index in [4.69, 9.17) is 9.97 Å². The van der Waals surface area contributed by atoms with Crippen molar-refractivity contribution in [3.05, 3.63) is 127 Å². The summed E-state index contributed by atoms with van der Waals surface area (Å²) in [6.45, 7) is 4.11. The highest BCUT2D eigenvalue weighted by molar-refractivity contribution is 8.01. The molecule has 0 fully saturated rings. The standard InChI is InChI=1S/C33H32FN3O2PS/c1-24(2)30-32(31(25-20-22-26(34)23-21-25)36-33(35-30)37(3)41(4,38)39)40(27-14-8-5-9-15-27,28-16-10-6-11-17-28)29-18-12-7-13-19-29/h5-24H,1-4H3/q+1. The molecule has 0 spiro atoms. The van der Waals surface area contributed by atoms with Gasteiger partial charge in [-0.25, -0.2) is 27.1 Å². The van der Waals surface area contributed by atoms with Crippen molar-refractivity contribution in [2.24, 2.45) is 0 Å². The first kappa shape index (κ1) is 28.6. The Bertz CT molecular complexity index is 1650. The molecule has 0 saturated carbocycles. The molecule has 0 bridgehead atoms. The number of halogens is 1. The number of benzene rings is 4. The summed E-state index contributed by atoms with van der Waals surface area (Å²) in [6, 6.07) is 37.3. The second-order valence-corrected chi connectivity index (χ2v) is 15.5. The van der Waals surface area contributed by atoms with E-state index >= 15 is 0 Å². The summed E-state index contributed by atoms with van der Waals surface area (Å²) < 4.78 is 40.6. The third kappa shape index (κ3) is 5.40. The quantitative estimate of drug-likeness (QED) is 0.229. The third-order valence-electron chi connectivity index (χ3n) is 7.11. The Kier molecular flexibility index (Phi) is 8.03. The molecular weight excluding hydrogens is 552 g/mol. The number of nitrogens with zero attached hydrogens (tertiary/aromatic N) is 3. The molecule has 8 heteroatoms. The van der Waals surface area contributed by atoms with Gasteiger partial charge in [-0.15, -0.1) is 0 Å². The van der Waals surface area contributed by atoms with Crippen LogP contribution >= 0.6 is 7.26 Å². The maximum absolute atomic E-state index is 14.2. The van der Waals surface area contributed by atoms with Crippen LogP contribution in [0.25, 0.3) is 11.3 Å². The van der Waals surface area contributed by atoms with Gasteiger partial charge >= 0.3 is 0 Å². The molecular formula is C33H32FN3O2PS+. The van der Waals surface area contributed by atoms with Crippen LogP contribution in [0.4, 0.5) is 10.3 Å². The second-order valence-electron chi connectivity index (χ2n) is 10.2. The van der Waals surface area contributed by atoms with Crippen molar-refractivity contribution in [1.82, 2.24) is 9.97 Å². The molecule has 0 N–H and O–H groups in total. The number of hydrogen-bond donors (Lipinski definition) is 0. The molecule has 0 unspecified atom stereocenters. The van der Waals surface area contributed by atoms with Crippen LogP contribution in [0.5, 0.6) is 0 Å². The second kappa shape index (κ2) is 11.5. The van der Waals surface area contributed by atoms with Gasteiger partial charge in [-0.1, -0.05) is 68.4 Å². The Balaban J connectivity index is 2.05. The summed E-state index contributed by atoms with van der Waals surface area (Å²) in [5, 5.41) is 4.25. The first-order valence-corrected chi connectivity index (χ1v) is 17.0. The fourth-order valence-electron chi connectivity index (χ4n) is 5.08. The molecule has 0 amide bonds. The Labute approximate surface area is 242 Å². The minimum atomic E-state index is -3.65. The maximum atomic E-state index is 14.2. The first-order chi connectivity index (χ1) is 19.6. The number of hydrogen-bond acceptors (Lipinski definition) is 4. The van der Waals surface area contributed by atoms with Crippen LogP contribution in [0.15, 0.2) is 115 Å². The van der Waals surface area contributed by atoms with Gasteiger partial charge < -0.3 is 0 Å². The van der Waals surface area contributed by atoms with Crippen molar-refractivity contribution in [3.8, 4) is 11.3 Å². The van der Waals surface area contributed by atoms with Crippen molar-refractivity contribution in [3.63, 3.8) is 0 Å². The summed E-state index contributed by atoms with van der Waals surface area (Å²) in [6.07, 6.45) is 1.13. The van der Waals surface area contributed by atoms with Crippen molar-refractivity contribution >= 4 is 44.5 Å². The molecule has 41 heavy (non-hydrogen) atoms. The van der Waals surface area contributed by atoms with Gasteiger partial charge in [0, 0.05) is 12.6 Å². The van der Waals surface area contributed by atoms with E-state index in [1.807, 2.05) is 54.6 Å². The summed E-state index contributed by atoms with van der Waals surface area (Å²) in [5.74, 6) is -0.377. The third-order valence-corrected chi connectivity index (χ3v) is 12.6. The minimum absolute atomic E-state index is 0.0755. The smallest absolute Gasteiger partial charge is 0.240 e. The van der Waals surface area contributed by atoms with Crippen LogP contribution < -0.4 is 25.5 Å². The van der Waals surface area contributed by atoms with Gasteiger partial charge in [0.1, 0.15) is 34.7 Å². The lowest BCUT2D eigenvalue weighted by molar-refractivity contribution is 0.599. The van der Waals surface area contributed by atoms with E-state index in [1.165, 1.54) is 19.2 Å². The summed E-state index contributed by atoms with van der Waals surface area (Å²) in [5.41, 5.74) is 2.01. The van der Waals surface area contributed by atoms with E-state index in [0.717, 1.165) is 37.5 Å². The zero-order valence-corrected chi connectivity index (χ0v) is 25.1. The van der Waals surface area contributed by atoms with E-state index in [0.29, 0.717) is 11.3 Å². The Morgan fingerprint density at radius 2 is 1.15 bits per heavy atom. The van der Waals surface area contributed by atoms with E-state index in [1.54, 1.807) is 12.1 Å². The maximum Gasteiger partial charge on any atom is 0.240 e. The lowest BCUT2D eigenvalue weighted by Gasteiger charge is -2.31. The lowest BCUT2D eigenvalue weighted by Crippen LogP contribution is -2.42. The summed E-state index contributed by atoms with van der Waals surface area (Å²) >= 11 is 0. The molecule has 0 aliphatic carbocycles. The van der Waals surface area contributed by atoms with Gasteiger partial charge in [-0.05, 0) is 66.6 Å². The van der Waals surface area contributed by atoms with E-state index < -0.39 is 17.3 Å². The van der Waals surface area contributed by atoms with Gasteiger partial charge in [-0.2, -0.15) is 0 Å². The molecule has 0 atom stereocenters. The molecule has 5 aromatic rings. The predicted molar refractivity (Wildman–Crippen MR) is 170 cm³/mol. The van der Waals surface area contributed by atoms with Crippen molar-refractivity contribution in [2.45, 2.75) is 19.8 Å². The van der Waals surface area contributed by atoms with E-state index in [9.17, 15) is 12.8 Å². The van der Waals surface area contributed by atoms with Crippen LogP contribution in [0.2, 0.25) is 0 Å². The Morgan fingerprint density at radius 1 is 0.707 bits per heavy atom. The van der Waals surface area contributed by atoms with Gasteiger partial charge in [0.2, 0.25) is 16.0 Å². The van der Waals surface area contributed by atoms with Gasteiger partial charge in [0.05, 0.1) is 11.9 Å². The highest BCUT2D eigenvalue weighted by Crippen LogP contribution is 2.57. The fourth-order valence-corrected chi connectivity index (χ4v) is 10.1. The zero-order valence-electron chi connectivity index (χ0n) is 23.4. The molecule has 4 aromatic carbocycles. The molecule has 208 valence electrons. The Hall–Kier alpha value is -3.93. The number of anilines is 1. The molecule has 0 aliphatic heterocycles. The van der Waals surface area contributed by atoms with Crippen LogP contribution in [0.1, 0.15) is 25.5 Å². The van der Waals surface area contributed by atoms with Crippen LogP contribution in [0.3, 0.4) is 0 Å². The van der Waals surface area contributed by atoms with Gasteiger partial charge in [-0.3, -0.25) is 0 Å². The number of aromatic nitrogens is 2. The Morgan fingerprint density at radius 3 is 1.54 bits per heavy atom. The SMILES string of the molecule is CC(C)c1nc(N(C)S(C)(=O)=O)nc(-c2ccc(F)cc2)c1[P+](c1ccccc1)(c1ccccc1)c1ccccc1. The lowest BCUT2D eigenvalue weighted by atomic mass is 10.1. The topological polar surface area (TPSA) is 63.2 Å². The molecule has 0 radical (unpaired) electrons. The number of rotatable bonds is 8. The number of sulfonamides is 1. The summed E-state index contributed by atoms with van der Waals surface area (Å²) in [4.78, 5) is 9.94. The molecule has 5 nitrogen and oxygen atoms in total. The van der Waals surface area contributed by atoms with Crippen LogP contribution in [-0.2, 0) is 10.0 Å². The molecule has 0 aliphatic rings. The predicted octanol–water partition coefficient (Wildman–Crippen LogP) is 5.42. The minimum Gasteiger partial charge on any atom is -0.241 e. The fraction of sp³-hybridized carbons (Fsp3) is 0.152. The molecule has 1 aromatic heterocycles. The average molecular weight is 585 g/mol. The highest BCUT2D eigenvalue weighted by Gasteiger charge is 2.52. The van der Waals surface area contributed by atoms with Crippen LogP contribution in [0, 0.1) is 5.82 Å². The molecule has 1 heterocycles. The van der Waals surface area contributed by atoms with Gasteiger partial charge in [0.25, 0.3) is 0 Å². The van der Waals surface area contributed by atoms with Crippen molar-refractivity contribution < 1.29 is 12.8 Å². The summed E-state index contributed by atoms with van der Waals surface area (Å²) in [7, 11) is -4.89. The largest absolute Gasteiger partial charge is 0.241 e. The van der Waals surface area contributed by atoms with E-state index in [-0.39, 0.29) is 17.7 Å². The molecule has 5 rings (SSSR count). The monoisotopic (exact) mass is 584 g/mol. The molecule has 0 saturated heterocycles. The first-order valence-electron chi connectivity index (χ1n) is 13.3. The van der Waals surface area contributed by atoms with Crippen molar-refractivity contribution in [1.29, 1.82) is 0 Å². The average Bonchev–Trinajstić information content (AvgIpc) is 2.98. The highest BCUT2D eigenvalue weighted by atomic mass is 32.2. The zero-order chi connectivity index (χ0) is 29.2. The van der Waals surface area contributed by atoms with Crippen molar-refractivity contribution in [2.75, 3.05) is 17.6 Å². The van der Waals surface area contributed by atoms with E-state index in [2.05, 4.69) is 50.2 Å². The van der Waals surface area contributed by atoms with Gasteiger partial charge in [0.15, 0.2) is 5.30 Å². The normalized spacial score (nSPS) is 12.0.